The first-order chi connectivity index (χ1) is 16.0. The molecule has 0 aromatic carbocycles. The molecule has 0 spiro atoms. The Morgan fingerprint density at radius 2 is 2.12 bits per heavy atom. The third-order valence-electron chi connectivity index (χ3n) is 6.78. The summed E-state index contributed by atoms with van der Waals surface area (Å²) >= 11 is 6.45. The number of rotatable bonds is 6. The predicted molar refractivity (Wildman–Crippen MR) is 134 cm³/mol. The minimum absolute atomic E-state index is 0.0360. The van der Waals surface area contributed by atoms with Gasteiger partial charge in [-0.3, -0.25) is 9.69 Å². The molecule has 176 valence electrons. The van der Waals surface area contributed by atoms with Crippen LogP contribution in [0, 0.1) is 5.92 Å². The number of nitrogens with zero attached hydrogens (tertiary/aromatic N) is 4. The first kappa shape index (κ1) is 23.5. The van der Waals surface area contributed by atoms with Gasteiger partial charge in [0.15, 0.2) is 0 Å². The molecule has 2 aromatic rings. The van der Waals surface area contributed by atoms with Crippen molar-refractivity contribution >= 4 is 36.1 Å². The standard InChI is InChI=1S/C25H33ClN6O/c1-4-20-17(3)27-14-21(20)24-22(26)15-28-25(30-24)29-19-8-6-7-18(13-19)16-31-9-11-32(12-10-31)23(33)5-2/h4-5,14-15,18-19,27H,2-3,6-13,16H2,1H3,(H,28,29,30). The highest BCUT2D eigenvalue weighted by Crippen LogP contribution is 2.29. The summed E-state index contributed by atoms with van der Waals surface area (Å²) < 4.78 is 0. The molecule has 0 radical (unpaired) electrons. The van der Waals surface area contributed by atoms with Gasteiger partial charge in [-0.05, 0) is 38.2 Å². The first-order valence-corrected chi connectivity index (χ1v) is 12.1. The highest BCUT2D eigenvalue weighted by atomic mass is 35.5. The third-order valence-corrected chi connectivity index (χ3v) is 7.06. The number of nitrogens with one attached hydrogen (secondary N) is 2. The number of anilines is 1. The molecule has 4 rings (SSSR count). The molecule has 1 saturated carbocycles. The van der Waals surface area contributed by atoms with E-state index in [1.54, 1.807) is 6.20 Å². The van der Waals surface area contributed by atoms with E-state index in [1.807, 2.05) is 24.1 Å². The Balaban J connectivity index is 1.37. The molecule has 2 N–H and O–H groups in total. The number of amides is 1. The van der Waals surface area contributed by atoms with E-state index in [0.29, 0.717) is 28.6 Å². The summed E-state index contributed by atoms with van der Waals surface area (Å²) in [6, 6.07) is 0.341. The lowest BCUT2D eigenvalue weighted by atomic mass is 9.85. The van der Waals surface area contributed by atoms with Gasteiger partial charge < -0.3 is 15.2 Å². The summed E-state index contributed by atoms with van der Waals surface area (Å²) in [7, 11) is 0. The number of carbonyl (C=O) groups excluding carboxylic acids is 1. The van der Waals surface area contributed by atoms with Crippen LogP contribution in [0.2, 0.25) is 5.02 Å². The quantitative estimate of drug-likeness (QED) is 0.637. The van der Waals surface area contributed by atoms with Gasteiger partial charge in [-0.25, -0.2) is 9.97 Å². The van der Waals surface area contributed by atoms with Crippen LogP contribution in [0.4, 0.5) is 5.95 Å². The molecular formula is C25H33ClN6O. The van der Waals surface area contributed by atoms with E-state index in [9.17, 15) is 4.79 Å². The maximum absolute atomic E-state index is 11.8. The number of aromatic nitrogens is 3. The number of hydrogen-bond donors (Lipinski definition) is 2. The molecule has 8 heteroatoms. The van der Waals surface area contributed by atoms with E-state index in [-0.39, 0.29) is 5.91 Å². The minimum atomic E-state index is 0.0360. The molecule has 7 nitrogen and oxygen atoms in total. The zero-order chi connectivity index (χ0) is 23.4. The van der Waals surface area contributed by atoms with Gasteiger partial charge in [0.2, 0.25) is 11.9 Å². The largest absolute Gasteiger partial charge is 0.361 e. The van der Waals surface area contributed by atoms with Crippen LogP contribution in [0.25, 0.3) is 23.9 Å². The highest BCUT2D eigenvalue weighted by Gasteiger charge is 2.27. The summed E-state index contributed by atoms with van der Waals surface area (Å²) in [5.41, 5.74) is 1.65. The molecule has 2 aromatic heterocycles. The van der Waals surface area contributed by atoms with E-state index in [1.165, 1.54) is 18.9 Å². The maximum Gasteiger partial charge on any atom is 0.246 e. The predicted octanol–water partition coefficient (Wildman–Crippen LogP) is 2.64. The summed E-state index contributed by atoms with van der Waals surface area (Å²) in [4.78, 5) is 28.5. The topological polar surface area (TPSA) is 77.2 Å². The van der Waals surface area contributed by atoms with E-state index in [2.05, 4.69) is 33.3 Å². The lowest BCUT2D eigenvalue weighted by Gasteiger charge is -2.38. The molecule has 1 saturated heterocycles. The average Bonchev–Trinajstić information content (AvgIpc) is 3.20. The highest BCUT2D eigenvalue weighted by molar-refractivity contribution is 6.32. The number of aromatic amines is 1. The lowest BCUT2D eigenvalue weighted by molar-refractivity contribution is -0.127. The average molecular weight is 469 g/mol. The summed E-state index contributed by atoms with van der Waals surface area (Å²) in [6.07, 6.45) is 11.6. The van der Waals surface area contributed by atoms with Crippen LogP contribution in [0.1, 0.15) is 32.6 Å². The van der Waals surface area contributed by atoms with Gasteiger partial charge in [-0.15, -0.1) is 0 Å². The number of piperazine rings is 1. The van der Waals surface area contributed by atoms with Crippen LogP contribution in [-0.4, -0.2) is 69.4 Å². The molecule has 1 amide bonds. The van der Waals surface area contributed by atoms with Crippen molar-refractivity contribution in [3.05, 3.63) is 40.6 Å². The molecule has 2 atom stereocenters. The zero-order valence-electron chi connectivity index (χ0n) is 19.3. The molecule has 3 heterocycles. The van der Waals surface area contributed by atoms with Crippen LogP contribution < -0.4 is 15.9 Å². The summed E-state index contributed by atoms with van der Waals surface area (Å²) in [5, 5.41) is 5.94. The number of H-pyrrole nitrogens is 1. The van der Waals surface area contributed by atoms with Gasteiger partial charge in [-0.2, -0.15) is 0 Å². The van der Waals surface area contributed by atoms with Gasteiger partial charge in [0.25, 0.3) is 0 Å². The summed E-state index contributed by atoms with van der Waals surface area (Å²) in [5.74, 6) is 1.28. The van der Waals surface area contributed by atoms with Crippen molar-refractivity contribution in [3.8, 4) is 11.3 Å². The Labute approximate surface area is 200 Å². The van der Waals surface area contributed by atoms with Crippen molar-refractivity contribution < 1.29 is 4.79 Å². The molecule has 2 aliphatic rings. The summed E-state index contributed by atoms with van der Waals surface area (Å²) in [6.45, 7) is 14.1. The second-order valence-corrected chi connectivity index (χ2v) is 9.38. The van der Waals surface area contributed by atoms with Crippen LogP contribution in [0.15, 0.2) is 25.0 Å². The van der Waals surface area contributed by atoms with Gasteiger partial charge in [-0.1, -0.05) is 37.3 Å². The number of hydrogen-bond acceptors (Lipinski definition) is 5. The molecular weight excluding hydrogens is 436 g/mol. The molecule has 2 fully saturated rings. The van der Waals surface area contributed by atoms with E-state index < -0.39 is 0 Å². The van der Waals surface area contributed by atoms with Gasteiger partial charge in [0.05, 0.1) is 16.9 Å². The Kier molecular flexibility index (Phi) is 7.50. The van der Waals surface area contributed by atoms with E-state index >= 15 is 0 Å². The van der Waals surface area contributed by atoms with Gasteiger partial charge >= 0.3 is 0 Å². The first-order valence-electron chi connectivity index (χ1n) is 11.7. The Hall–Kier alpha value is -2.64. The van der Waals surface area contributed by atoms with Gasteiger partial charge in [0.1, 0.15) is 0 Å². The zero-order valence-corrected chi connectivity index (χ0v) is 20.1. The van der Waals surface area contributed by atoms with Crippen molar-refractivity contribution in [1.82, 2.24) is 24.8 Å². The Morgan fingerprint density at radius 1 is 1.33 bits per heavy atom. The van der Waals surface area contributed by atoms with Crippen LogP contribution in [-0.2, 0) is 4.79 Å². The van der Waals surface area contributed by atoms with Crippen LogP contribution >= 0.6 is 11.6 Å². The van der Waals surface area contributed by atoms with E-state index in [4.69, 9.17) is 16.6 Å². The van der Waals surface area contributed by atoms with Crippen molar-refractivity contribution in [2.24, 2.45) is 5.92 Å². The fourth-order valence-corrected chi connectivity index (χ4v) is 5.24. The van der Waals surface area contributed by atoms with E-state index in [0.717, 1.165) is 61.7 Å². The second-order valence-electron chi connectivity index (χ2n) is 8.98. The Morgan fingerprint density at radius 3 is 2.85 bits per heavy atom. The molecule has 1 aliphatic carbocycles. The maximum atomic E-state index is 11.8. The fraction of sp³-hybridized carbons (Fsp3) is 0.480. The molecule has 33 heavy (non-hydrogen) atoms. The SMILES string of the molecule is C=CC(=O)N1CCN(CC2CCCC(Nc3ncc(Cl)c(-c4c[nH]c(=C)c4=CC)n3)C2)CC1. The van der Waals surface area contributed by atoms with Crippen LogP contribution in [0.5, 0.6) is 0 Å². The molecule has 1 aliphatic heterocycles. The minimum Gasteiger partial charge on any atom is -0.361 e. The molecule has 2 unspecified atom stereocenters. The smallest absolute Gasteiger partial charge is 0.246 e. The number of carbonyl (C=O) groups is 1. The second kappa shape index (κ2) is 10.5. The van der Waals surface area contributed by atoms with Crippen molar-refractivity contribution in [3.63, 3.8) is 0 Å². The van der Waals surface area contributed by atoms with Crippen molar-refractivity contribution in [2.75, 3.05) is 38.0 Å². The van der Waals surface area contributed by atoms with Crippen molar-refractivity contribution in [2.45, 2.75) is 38.6 Å². The fourth-order valence-electron chi connectivity index (χ4n) is 5.04. The third kappa shape index (κ3) is 5.47. The number of halogens is 1. The van der Waals surface area contributed by atoms with Crippen LogP contribution in [0.3, 0.4) is 0 Å². The van der Waals surface area contributed by atoms with Crippen molar-refractivity contribution in [1.29, 1.82) is 0 Å². The van der Waals surface area contributed by atoms with Gasteiger partial charge in [0, 0.05) is 61.1 Å². The Bertz CT molecular complexity index is 1100. The molecule has 0 bridgehead atoms. The lowest BCUT2D eigenvalue weighted by Crippen LogP contribution is -2.49. The monoisotopic (exact) mass is 468 g/mol. The normalized spacial score (nSPS) is 22.4.